The number of rotatable bonds is 4. The Labute approximate surface area is 167 Å². The smallest absolute Gasteiger partial charge is 0.263 e. The zero-order chi connectivity index (χ0) is 20.0. The van der Waals surface area contributed by atoms with Gasteiger partial charge in [-0.2, -0.15) is 0 Å². The van der Waals surface area contributed by atoms with Crippen molar-refractivity contribution in [2.24, 2.45) is 7.05 Å². The molecule has 28 heavy (non-hydrogen) atoms. The number of nitrogens with zero attached hydrogens (tertiary/aromatic N) is 4. The average Bonchev–Trinajstić information content (AvgIpc) is 3.35. The van der Waals surface area contributed by atoms with E-state index < -0.39 is 0 Å². The van der Waals surface area contributed by atoms with Crippen molar-refractivity contribution in [1.82, 2.24) is 19.4 Å². The van der Waals surface area contributed by atoms with Gasteiger partial charge in [0.2, 0.25) is 5.91 Å². The molecule has 0 unspecified atom stereocenters. The lowest BCUT2D eigenvalue weighted by Crippen LogP contribution is -2.43. The van der Waals surface area contributed by atoms with Crippen LogP contribution in [-0.2, 0) is 18.3 Å². The molecule has 7 nitrogen and oxygen atoms in total. The first-order valence-electron chi connectivity index (χ1n) is 9.53. The van der Waals surface area contributed by atoms with Crippen LogP contribution in [-0.4, -0.2) is 56.3 Å². The molecular formula is C20H24N4O3S. The van der Waals surface area contributed by atoms with Crippen LogP contribution in [0.2, 0.25) is 0 Å². The Balaban J connectivity index is 1.54. The molecule has 0 N–H and O–H groups in total. The summed E-state index contributed by atoms with van der Waals surface area (Å²) in [6.45, 7) is 4.85. The molecule has 2 aromatic rings. The number of aryl methyl sites for hydroxylation is 2. The molecule has 2 atom stereocenters. The number of likely N-dealkylation sites (tertiary alicyclic amines) is 2. The fourth-order valence-corrected chi connectivity index (χ4v) is 5.04. The Hall–Kier alpha value is -2.48. The summed E-state index contributed by atoms with van der Waals surface area (Å²) in [5.74, 6) is -0.170. The monoisotopic (exact) mass is 400 g/mol. The van der Waals surface area contributed by atoms with Gasteiger partial charge >= 0.3 is 0 Å². The summed E-state index contributed by atoms with van der Waals surface area (Å²) >= 11 is 1.55. The van der Waals surface area contributed by atoms with Crippen molar-refractivity contribution in [1.29, 1.82) is 0 Å². The lowest BCUT2D eigenvalue weighted by atomic mass is 10.1. The lowest BCUT2D eigenvalue weighted by molar-refractivity contribution is -0.129. The predicted molar refractivity (Wildman–Crippen MR) is 107 cm³/mol. The van der Waals surface area contributed by atoms with Gasteiger partial charge in [-0.05, 0) is 31.9 Å². The van der Waals surface area contributed by atoms with E-state index >= 15 is 0 Å². The van der Waals surface area contributed by atoms with Crippen LogP contribution in [0.4, 0.5) is 0 Å². The van der Waals surface area contributed by atoms with Gasteiger partial charge in [-0.1, -0.05) is 0 Å². The van der Waals surface area contributed by atoms with E-state index in [1.54, 1.807) is 35.7 Å². The van der Waals surface area contributed by atoms with Crippen molar-refractivity contribution in [3.05, 3.63) is 49.8 Å². The van der Waals surface area contributed by atoms with Gasteiger partial charge in [0.05, 0.1) is 23.3 Å². The number of pyridine rings is 1. The molecule has 4 rings (SSSR count). The minimum Gasteiger partial charge on any atom is -0.337 e. The van der Waals surface area contributed by atoms with E-state index in [0.717, 1.165) is 24.2 Å². The number of hydrogen-bond acceptors (Lipinski definition) is 5. The second-order valence-corrected chi connectivity index (χ2v) is 8.37. The van der Waals surface area contributed by atoms with E-state index in [1.165, 1.54) is 4.57 Å². The summed E-state index contributed by atoms with van der Waals surface area (Å²) in [5, 5.41) is 2.00. The molecule has 0 aliphatic carbocycles. The molecule has 0 saturated carbocycles. The maximum Gasteiger partial charge on any atom is 0.263 e. The fourth-order valence-electron chi connectivity index (χ4n) is 4.45. The van der Waals surface area contributed by atoms with Crippen LogP contribution in [0.25, 0.3) is 0 Å². The Morgan fingerprint density at radius 3 is 2.79 bits per heavy atom. The maximum atomic E-state index is 13.2. The molecule has 2 aliphatic heterocycles. The number of hydrogen-bond donors (Lipinski definition) is 0. The van der Waals surface area contributed by atoms with Crippen molar-refractivity contribution in [3.8, 4) is 0 Å². The van der Waals surface area contributed by atoms with Gasteiger partial charge in [0, 0.05) is 44.1 Å². The molecular weight excluding hydrogens is 376 g/mol. The molecule has 4 heterocycles. The summed E-state index contributed by atoms with van der Waals surface area (Å²) in [6.07, 6.45) is 1.81. The van der Waals surface area contributed by atoms with Crippen molar-refractivity contribution in [2.75, 3.05) is 13.1 Å². The topological polar surface area (TPSA) is 75.5 Å². The standard InChI is InChI=1S/C20H24N4O3S/c1-12-8-13(2)22(3)19(26)18(12)20(27)24-7-5-15-16(24)9-17(25)23(15)6-4-14-10-28-11-21-14/h8,10-11,15-16H,4-7,9H2,1-3H3/t15-,16-/m0/s1. The van der Waals surface area contributed by atoms with Crippen molar-refractivity contribution in [2.45, 2.75) is 45.2 Å². The second kappa shape index (κ2) is 7.16. The maximum absolute atomic E-state index is 13.2. The van der Waals surface area contributed by atoms with E-state index in [0.29, 0.717) is 25.1 Å². The average molecular weight is 401 g/mol. The number of thiazole rings is 1. The van der Waals surface area contributed by atoms with E-state index in [9.17, 15) is 14.4 Å². The summed E-state index contributed by atoms with van der Waals surface area (Å²) in [5.41, 5.74) is 4.26. The molecule has 2 fully saturated rings. The highest BCUT2D eigenvalue weighted by Crippen LogP contribution is 2.33. The van der Waals surface area contributed by atoms with E-state index in [-0.39, 0.29) is 35.0 Å². The normalized spacial score (nSPS) is 21.5. The Kier molecular flexibility index (Phi) is 4.82. The number of aromatic nitrogens is 2. The largest absolute Gasteiger partial charge is 0.337 e. The van der Waals surface area contributed by atoms with Crippen LogP contribution in [0, 0.1) is 13.8 Å². The summed E-state index contributed by atoms with van der Waals surface area (Å²) < 4.78 is 1.51. The molecule has 0 spiro atoms. The summed E-state index contributed by atoms with van der Waals surface area (Å²) in [4.78, 5) is 46.4. The van der Waals surface area contributed by atoms with Gasteiger partial charge in [-0.25, -0.2) is 4.98 Å². The molecule has 2 aliphatic rings. The van der Waals surface area contributed by atoms with Crippen LogP contribution in [0.3, 0.4) is 0 Å². The molecule has 8 heteroatoms. The molecule has 0 radical (unpaired) electrons. The number of amides is 2. The van der Waals surface area contributed by atoms with Crippen LogP contribution in [0.5, 0.6) is 0 Å². The van der Waals surface area contributed by atoms with Gasteiger partial charge in [-0.15, -0.1) is 11.3 Å². The van der Waals surface area contributed by atoms with Gasteiger partial charge in [0.25, 0.3) is 11.5 Å². The van der Waals surface area contributed by atoms with Gasteiger partial charge in [0.1, 0.15) is 5.56 Å². The zero-order valence-electron chi connectivity index (χ0n) is 16.3. The van der Waals surface area contributed by atoms with Crippen molar-refractivity contribution >= 4 is 23.2 Å². The SMILES string of the molecule is Cc1cc(C)n(C)c(=O)c1C(=O)N1CC[C@H]2[C@@H]1CC(=O)N2CCc1cscn1. The molecule has 2 aromatic heterocycles. The highest BCUT2D eigenvalue weighted by atomic mass is 32.1. The van der Waals surface area contributed by atoms with Gasteiger partial charge in [0.15, 0.2) is 0 Å². The van der Waals surface area contributed by atoms with Crippen molar-refractivity contribution in [3.63, 3.8) is 0 Å². The predicted octanol–water partition coefficient (Wildman–Crippen LogP) is 1.52. The highest BCUT2D eigenvalue weighted by molar-refractivity contribution is 7.07. The van der Waals surface area contributed by atoms with E-state index in [2.05, 4.69) is 4.98 Å². The Bertz CT molecular complexity index is 982. The zero-order valence-corrected chi connectivity index (χ0v) is 17.2. The first kappa shape index (κ1) is 18.9. The number of fused-ring (bicyclic) bond motifs is 1. The fraction of sp³-hybridized carbons (Fsp3) is 0.500. The van der Waals surface area contributed by atoms with Gasteiger partial charge < -0.3 is 14.4 Å². The van der Waals surface area contributed by atoms with Gasteiger partial charge in [-0.3, -0.25) is 14.4 Å². The molecule has 0 bridgehead atoms. The number of carbonyl (C=O) groups excluding carboxylic acids is 2. The third-order valence-electron chi connectivity index (χ3n) is 6.05. The molecule has 2 amide bonds. The minimum atomic E-state index is -0.268. The summed E-state index contributed by atoms with van der Waals surface area (Å²) in [6, 6.07) is 1.74. The van der Waals surface area contributed by atoms with E-state index in [1.807, 2.05) is 23.3 Å². The quantitative estimate of drug-likeness (QED) is 0.780. The molecule has 0 aromatic carbocycles. The van der Waals surface area contributed by atoms with Crippen LogP contribution in [0.1, 0.15) is 40.2 Å². The first-order chi connectivity index (χ1) is 13.4. The lowest BCUT2D eigenvalue weighted by Gasteiger charge is -2.25. The first-order valence-corrected chi connectivity index (χ1v) is 10.5. The number of carbonyl (C=O) groups is 2. The molecule has 148 valence electrons. The van der Waals surface area contributed by atoms with Crippen molar-refractivity contribution < 1.29 is 9.59 Å². The van der Waals surface area contributed by atoms with E-state index in [4.69, 9.17) is 0 Å². The molecule has 2 saturated heterocycles. The minimum absolute atomic E-state index is 0.0321. The Morgan fingerprint density at radius 1 is 1.29 bits per heavy atom. The van der Waals surface area contributed by atoms with Crippen LogP contribution < -0.4 is 5.56 Å². The highest BCUT2D eigenvalue weighted by Gasteiger charge is 2.48. The third kappa shape index (κ3) is 3.05. The Morgan fingerprint density at radius 2 is 2.07 bits per heavy atom. The van der Waals surface area contributed by atoms with Crippen LogP contribution >= 0.6 is 11.3 Å². The second-order valence-electron chi connectivity index (χ2n) is 7.65. The third-order valence-corrected chi connectivity index (χ3v) is 6.68. The summed E-state index contributed by atoms with van der Waals surface area (Å²) in [7, 11) is 1.68. The van der Waals surface area contributed by atoms with Crippen LogP contribution in [0.15, 0.2) is 21.8 Å².